The molecule has 18 heavy (non-hydrogen) atoms. The van der Waals surface area contributed by atoms with Crippen molar-refractivity contribution in [3.05, 3.63) is 77.1 Å². The van der Waals surface area contributed by atoms with Crippen molar-refractivity contribution >= 4 is 5.57 Å². The lowest BCUT2D eigenvalue weighted by molar-refractivity contribution is 0.494. The molecule has 0 aliphatic heterocycles. The first-order chi connectivity index (χ1) is 8.49. The molecule has 0 aliphatic carbocycles. The van der Waals surface area contributed by atoms with Crippen LogP contribution in [0.25, 0.3) is 5.57 Å². The Morgan fingerprint density at radius 3 is 2.06 bits per heavy atom. The summed E-state index contributed by atoms with van der Waals surface area (Å²) >= 11 is 0. The first-order valence-electron chi connectivity index (χ1n) is 5.40. The predicted octanol–water partition coefficient (Wildman–Crippen LogP) is 4.47. The predicted molar refractivity (Wildman–Crippen MR) is 65.6 cm³/mol. The summed E-state index contributed by atoms with van der Waals surface area (Å²) < 4.78 is 39.5. The Hall–Kier alpha value is -2.03. The fraction of sp³-hybridized carbons (Fsp3) is 0.0667. The Bertz CT molecular complexity index is 598. The van der Waals surface area contributed by atoms with Crippen LogP contribution in [0.1, 0.15) is 16.7 Å². The SMILES string of the molecule is C=C(c1ccc(C)cc1)c1cc(F)c(F)cc1F. The van der Waals surface area contributed by atoms with E-state index in [4.69, 9.17) is 0 Å². The van der Waals surface area contributed by atoms with Gasteiger partial charge >= 0.3 is 0 Å². The van der Waals surface area contributed by atoms with Crippen LogP contribution in [0.2, 0.25) is 0 Å². The van der Waals surface area contributed by atoms with E-state index >= 15 is 0 Å². The summed E-state index contributed by atoms with van der Waals surface area (Å²) in [4.78, 5) is 0. The van der Waals surface area contributed by atoms with Gasteiger partial charge in [-0.2, -0.15) is 0 Å². The fourth-order valence-corrected chi connectivity index (χ4v) is 1.66. The number of rotatable bonds is 2. The Morgan fingerprint density at radius 2 is 1.44 bits per heavy atom. The van der Waals surface area contributed by atoms with Crippen molar-refractivity contribution in [3.8, 4) is 0 Å². The third-order valence-electron chi connectivity index (χ3n) is 2.74. The zero-order valence-corrected chi connectivity index (χ0v) is 9.81. The van der Waals surface area contributed by atoms with Crippen LogP contribution in [-0.4, -0.2) is 0 Å². The molecule has 0 N–H and O–H groups in total. The average molecular weight is 248 g/mol. The quantitative estimate of drug-likeness (QED) is 0.688. The number of aryl methyl sites for hydroxylation is 1. The van der Waals surface area contributed by atoms with Gasteiger partial charge in [-0.3, -0.25) is 0 Å². The molecular formula is C15H11F3. The van der Waals surface area contributed by atoms with Crippen LogP contribution in [0, 0.1) is 24.4 Å². The van der Waals surface area contributed by atoms with E-state index in [9.17, 15) is 13.2 Å². The molecule has 2 aromatic carbocycles. The van der Waals surface area contributed by atoms with Crippen LogP contribution in [0.3, 0.4) is 0 Å². The summed E-state index contributed by atoms with van der Waals surface area (Å²) in [6.07, 6.45) is 0. The summed E-state index contributed by atoms with van der Waals surface area (Å²) in [6.45, 7) is 5.65. The van der Waals surface area contributed by atoms with E-state index in [2.05, 4.69) is 6.58 Å². The van der Waals surface area contributed by atoms with Gasteiger partial charge in [-0.25, -0.2) is 13.2 Å². The number of hydrogen-bond acceptors (Lipinski definition) is 0. The minimum Gasteiger partial charge on any atom is -0.206 e. The maximum atomic E-state index is 13.6. The van der Waals surface area contributed by atoms with Gasteiger partial charge in [0.25, 0.3) is 0 Å². The molecule has 0 unspecified atom stereocenters. The van der Waals surface area contributed by atoms with Crippen molar-refractivity contribution < 1.29 is 13.2 Å². The van der Waals surface area contributed by atoms with E-state index < -0.39 is 17.5 Å². The second-order valence-corrected chi connectivity index (χ2v) is 4.09. The van der Waals surface area contributed by atoms with Crippen molar-refractivity contribution in [2.24, 2.45) is 0 Å². The monoisotopic (exact) mass is 248 g/mol. The van der Waals surface area contributed by atoms with Gasteiger partial charge in [-0.05, 0) is 24.1 Å². The molecule has 0 aliphatic rings. The van der Waals surface area contributed by atoms with Crippen LogP contribution in [0.4, 0.5) is 13.2 Å². The summed E-state index contributed by atoms with van der Waals surface area (Å²) in [5.74, 6) is -3.10. The fourth-order valence-electron chi connectivity index (χ4n) is 1.66. The summed E-state index contributed by atoms with van der Waals surface area (Å²) in [5, 5.41) is 0. The van der Waals surface area contributed by atoms with Gasteiger partial charge in [-0.1, -0.05) is 36.4 Å². The molecule has 0 bridgehead atoms. The van der Waals surface area contributed by atoms with Crippen molar-refractivity contribution in [1.29, 1.82) is 0 Å². The first kappa shape index (κ1) is 12.4. The lowest BCUT2D eigenvalue weighted by Crippen LogP contribution is -1.95. The van der Waals surface area contributed by atoms with E-state index in [0.717, 1.165) is 11.6 Å². The van der Waals surface area contributed by atoms with Gasteiger partial charge in [0, 0.05) is 11.6 Å². The highest BCUT2D eigenvalue weighted by molar-refractivity contribution is 5.78. The number of benzene rings is 2. The van der Waals surface area contributed by atoms with Crippen LogP contribution >= 0.6 is 0 Å². The first-order valence-corrected chi connectivity index (χ1v) is 5.40. The normalized spacial score (nSPS) is 10.4. The van der Waals surface area contributed by atoms with Crippen molar-refractivity contribution in [2.75, 3.05) is 0 Å². The molecular weight excluding hydrogens is 237 g/mol. The Kier molecular flexibility index (Phi) is 3.24. The maximum Gasteiger partial charge on any atom is 0.161 e. The smallest absolute Gasteiger partial charge is 0.161 e. The topological polar surface area (TPSA) is 0 Å². The molecule has 0 aromatic heterocycles. The van der Waals surface area contributed by atoms with Crippen LogP contribution < -0.4 is 0 Å². The van der Waals surface area contributed by atoms with Gasteiger partial charge in [0.15, 0.2) is 11.6 Å². The highest BCUT2D eigenvalue weighted by Gasteiger charge is 2.13. The molecule has 0 nitrogen and oxygen atoms in total. The molecule has 0 radical (unpaired) electrons. The van der Waals surface area contributed by atoms with E-state index in [1.807, 2.05) is 19.1 Å². The van der Waals surface area contributed by atoms with Crippen molar-refractivity contribution in [3.63, 3.8) is 0 Å². The Morgan fingerprint density at radius 1 is 0.889 bits per heavy atom. The minimum atomic E-state index is -1.20. The highest BCUT2D eigenvalue weighted by Crippen LogP contribution is 2.26. The molecule has 3 heteroatoms. The Balaban J connectivity index is 2.46. The molecule has 2 aromatic rings. The van der Waals surface area contributed by atoms with E-state index in [-0.39, 0.29) is 5.56 Å². The van der Waals surface area contributed by atoms with Gasteiger partial charge < -0.3 is 0 Å². The molecule has 0 saturated heterocycles. The molecule has 92 valence electrons. The highest BCUT2D eigenvalue weighted by atomic mass is 19.2. The van der Waals surface area contributed by atoms with Crippen molar-refractivity contribution in [2.45, 2.75) is 6.92 Å². The lowest BCUT2D eigenvalue weighted by Gasteiger charge is -2.08. The van der Waals surface area contributed by atoms with Gasteiger partial charge in [0.05, 0.1) is 0 Å². The molecule has 0 atom stereocenters. The standard InChI is InChI=1S/C15H11F3/c1-9-3-5-11(6-4-9)10(2)12-7-14(17)15(18)8-13(12)16/h3-8H,2H2,1H3. The molecule has 0 spiro atoms. The zero-order valence-electron chi connectivity index (χ0n) is 9.81. The van der Waals surface area contributed by atoms with Gasteiger partial charge in [0.2, 0.25) is 0 Å². The largest absolute Gasteiger partial charge is 0.206 e. The number of hydrogen-bond donors (Lipinski definition) is 0. The zero-order chi connectivity index (χ0) is 13.3. The van der Waals surface area contributed by atoms with Crippen molar-refractivity contribution in [1.82, 2.24) is 0 Å². The average Bonchev–Trinajstić information content (AvgIpc) is 2.34. The number of halogens is 3. The summed E-state index contributed by atoms with van der Waals surface area (Å²) in [5.41, 5.74) is 2.02. The molecule has 0 saturated carbocycles. The molecule has 0 heterocycles. The second-order valence-electron chi connectivity index (χ2n) is 4.09. The van der Waals surface area contributed by atoms with Gasteiger partial charge in [-0.15, -0.1) is 0 Å². The lowest BCUT2D eigenvalue weighted by atomic mass is 9.98. The third kappa shape index (κ3) is 2.30. The molecule has 0 fully saturated rings. The summed E-state index contributed by atoms with van der Waals surface area (Å²) in [6, 6.07) is 8.57. The Labute approximate surface area is 103 Å². The molecule has 2 rings (SSSR count). The van der Waals surface area contributed by atoms with E-state index in [1.54, 1.807) is 12.1 Å². The van der Waals surface area contributed by atoms with Gasteiger partial charge in [0.1, 0.15) is 5.82 Å². The van der Waals surface area contributed by atoms with Crippen LogP contribution in [0.5, 0.6) is 0 Å². The van der Waals surface area contributed by atoms with Crippen LogP contribution in [0.15, 0.2) is 43.0 Å². The maximum absolute atomic E-state index is 13.6. The third-order valence-corrected chi connectivity index (χ3v) is 2.74. The minimum absolute atomic E-state index is 0.0299. The van der Waals surface area contributed by atoms with E-state index in [0.29, 0.717) is 17.2 Å². The summed E-state index contributed by atoms with van der Waals surface area (Å²) in [7, 11) is 0. The molecule has 0 amide bonds. The second kappa shape index (κ2) is 4.69. The van der Waals surface area contributed by atoms with E-state index in [1.165, 1.54) is 0 Å². The van der Waals surface area contributed by atoms with Crippen LogP contribution in [-0.2, 0) is 0 Å².